The fraction of sp³-hybridized carbons (Fsp3) is 0.846. The number of rotatable bonds is 4. The first-order valence-electron chi connectivity index (χ1n) is 6.52. The number of nitrogens with zero attached hydrogens (tertiary/aromatic N) is 1. The molecule has 0 radical (unpaired) electrons. The van der Waals surface area contributed by atoms with Crippen molar-refractivity contribution in [3.8, 4) is 0 Å². The second-order valence-corrected chi connectivity index (χ2v) is 5.42. The molecule has 1 fully saturated rings. The summed E-state index contributed by atoms with van der Waals surface area (Å²) in [4.78, 5) is 25.7. The Labute approximate surface area is 104 Å². The fourth-order valence-electron chi connectivity index (χ4n) is 2.07. The zero-order valence-electron chi connectivity index (χ0n) is 11.3. The molecule has 1 atom stereocenters. The van der Waals surface area contributed by atoms with E-state index in [1.54, 1.807) is 4.90 Å². The molecule has 0 unspecified atom stereocenters. The van der Waals surface area contributed by atoms with E-state index in [0.29, 0.717) is 0 Å². The topological polar surface area (TPSA) is 49.4 Å². The quantitative estimate of drug-likeness (QED) is 0.817. The maximum absolute atomic E-state index is 12.0. The van der Waals surface area contributed by atoms with Crippen molar-refractivity contribution in [2.24, 2.45) is 11.8 Å². The lowest BCUT2D eigenvalue weighted by Crippen LogP contribution is -2.50. The molecule has 4 heteroatoms. The van der Waals surface area contributed by atoms with Crippen LogP contribution in [0.4, 0.5) is 4.79 Å². The Balaban J connectivity index is 2.60. The van der Waals surface area contributed by atoms with Crippen molar-refractivity contribution in [2.45, 2.75) is 46.6 Å². The molecule has 0 bridgehead atoms. The van der Waals surface area contributed by atoms with Crippen LogP contribution in [0.1, 0.15) is 40.5 Å². The molecule has 0 aromatic rings. The Bertz CT molecular complexity index is 281. The highest BCUT2D eigenvalue weighted by molar-refractivity contribution is 5.90. The predicted octanol–water partition coefficient (Wildman–Crippen LogP) is 2.04. The molecule has 0 aliphatic carbocycles. The van der Waals surface area contributed by atoms with Crippen LogP contribution in [0.2, 0.25) is 0 Å². The monoisotopic (exact) mass is 240 g/mol. The molecular formula is C13H24N2O2. The molecule has 2 amide bonds. The Kier molecular flexibility index (Phi) is 4.97. The van der Waals surface area contributed by atoms with Crippen LogP contribution in [0.25, 0.3) is 0 Å². The van der Waals surface area contributed by atoms with Crippen LogP contribution in [0.3, 0.4) is 0 Å². The average Bonchev–Trinajstić information content (AvgIpc) is 2.77. The number of hydrogen-bond acceptors (Lipinski definition) is 2. The third kappa shape index (κ3) is 3.72. The van der Waals surface area contributed by atoms with Crippen molar-refractivity contribution >= 4 is 11.8 Å². The van der Waals surface area contributed by atoms with Gasteiger partial charge in [-0.05, 0) is 18.8 Å². The van der Waals surface area contributed by atoms with E-state index < -0.39 is 0 Å². The second kappa shape index (κ2) is 6.03. The van der Waals surface area contributed by atoms with E-state index in [4.69, 9.17) is 0 Å². The SMILES string of the molecule is CC(C)C(=O)[C@@H](NC(=O)N1CCCC1)C(C)C. The van der Waals surface area contributed by atoms with Crippen molar-refractivity contribution in [3.63, 3.8) is 0 Å². The highest BCUT2D eigenvalue weighted by Gasteiger charge is 2.28. The molecule has 1 N–H and O–H groups in total. The minimum atomic E-state index is -0.358. The van der Waals surface area contributed by atoms with Gasteiger partial charge in [-0.15, -0.1) is 0 Å². The summed E-state index contributed by atoms with van der Waals surface area (Å²) in [5.74, 6) is 0.213. The van der Waals surface area contributed by atoms with Gasteiger partial charge in [-0.2, -0.15) is 0 Å². The molecule has 4 nitrogen and oxygen atoms in total. The molecule has 1 aliphatic rings. The van der Waals surface area contributed by atoms with E-state index in [2.05, 4.69) is 5.32 Å². The van der Waals surface area contributed by atoms with Crippen LogP contribution < -0.4 is 5.32 Å². The molecule has 1 rings (SSSR count). The third-order valence-electron chi connectivity index (χ3n) is 3.21. The van der Waals surface area contributed by atoms with Gasteiger partial charge in [-0.25, -0.2) is 4.79 Å². The van der Waals surface area contributed by atoms with Crippen LogP contribution in [0.5, 0.6) is 0 Å². The summed E-state index contributed by atoms with van der Waals surface area (Å²) in [6.07, 6.45) is 2.13. The van der Waals surface area contributed by atoms with Crippen molar-refractivity contribution in [2.75, 3.05) is 13.1 Å². The molecule has 98 valence electrons. The number of likely N-dealkylation sites (tertiary alicyclic amines) is 1. The summed E-state index contributed by atoms with van der Waals surface area (Å²) in [7, 11) is 0. The van der Waals surface area contributed by atoms with Gasteiger partial charge in [0.05, 0.1) is 6.04 Å². The number of carbonyl (C=O) groups is 2. The molecule has 1 heterocycles. The molecule has 0 saturated carbocycles. The Morgan fingerprint density at radius 1 is 1.06 bits per heavy atom. The molecular weight excluding hydrogens is 216 g/mol. The normalized spacial score (nSPS) is 17.6. The summed E-state index contributed by atoms with van der Waals surface area (Å²) < 4.78 is 0. The first-order valence-corrected chi connectivity index (χ1v) is 6.52. The van der Waals surface area contributed by atoms with Gasteiger partial charge in [-0.1, -0.05) is 27.7 Å². The van der Waals surface area contributed by atoms with Crippen molar-refractivity contribution in [1.82, 2.24) is 10.2 Å². The van der Waals surface area contributed by atoms with Gasteiger partial charge >= 0.3 is 6.03 Å². The lowest BCUT2D eigenvalue weighted by Gasteiger charge is -2.26. The lowest BCUT2D eigenvalue weighted by atomic mass is 9.93. The van der Waals surface area contributed by atoms with E-state index in [-0.39, 0.29) is 29.7 Å². The predicted molar refractivity (Wildman–Crippen MR) is 67.8 cm³/mol. The average molecular weight is 240 g/mol. The van der Waals surface area contributed by atoms with Crippen LogP contribution >= 0.6 is 0 Å². The third-order valence-corrected chi connectivity index (χ3v) is 3.21. The number of nitrogens with one attached hydrogen (secondary N) is 1. The molecule has 0 aromatic heterocycles. The molecule has 0 aromatic carbocycles. The highest BCUT2D eigenvalue weighted by Crippen LogP contribution is 2.12. The van der Waals surface area contributed by atoms with Crippen molar-refractivity contribution in [3.05, 3.63) is 0 Å². The van der Waals surface area contributed by atoms with E-state index in [1.165, 1.54) is 0 Å². The number of hydrogen-bond donors (Lipinski definition) is 1. The summed E-state index contributed by atoms with van der Waals surface area (Å²) in [6.45, 7) is 9.31. The maximum Gasteiger partial charge on any atom is 0.317 e. The van der Waals surface area contributed by atoms with Crippen molar-refractivity contribution < 1.29 is 9.59 Å². The Hall–Kier alpha value is -1.06. The number of amides is 2. The number of ketones is 1. The highest BCUT2D eigenvalue weighted by atomic mass is 16.2. The zero-order valence-corrected chi connectivity index (χ0v) is 11.3. The van der Waals surface area contributed by atoms with E-state index in [9.17, 15) is 9.59 Å². The van der Waals surface area contributed by atoms with Gasteiger partial charge in [0, 0.05) is 19.0 Å². The summed E-state index contributed by atoms with van der Waals surface area (Å²) in [6, 6.07) is -0.446. The van der Waals surface area contributed by atoms with Gasteiger partial charge in [0.2, 0.25) is 0 Å². The van der Waals surface area contributed by atoms with E-state index in [0.717, 1.165) is 25.9 Å². The summed E-state index contributed by atoms with van der Waals surface area (Å²) >= 11 is 0. The molecule has 1 aliphatic heterocycles. The molecule has 0 spiro atoms. The Morgan fingerprint density at radius 3 is 2.00 bits per heavy atom. The maximum atomic E-state index is 12.0. The molecule has 17 heavy (non-hydrogen) atoms. The lowest BCUT2D eigenvalue weighted by molar-refractivity contribution is -0.124. The number of Topliss-reactive ketones (excluding diaryl/α,β-unsaturated/α-hetero) is 1. The van der Waals surface area contributed by atoms with E-state index in [1.807, 2.05) is 27.7 Å². The van der Waals surface area contributed by atoms with Crippen molar-refractivity contribution in [1.29, 1.82) is 0 Å². The largest absolute Gasteiger partial charge is 0.328 e. The van der Waals surface area contributed by atoms with E-state index >= 15 is 0 Å². The van der Waals surface area contributed by atoms with Gasteiger partial charge in [-0.3, -0.25) is 4.79 Å². The minimum absolute atomic E-state index is 0.0405. The molecule has 1 saturated heterocycles. The van der Waals surface area contributed by atoms with Crippen LogP contribution in [-0.4, -0.2) is 35.8 Å². The Morgan fingerprint density at radius 2 is 1.59 bits per heavy atom. The van der Waals surface area contributed by atoms with Crippen LogP contribution in [0, 0.1) is 11.8 Å². The number of urea groups is 1. The fourth-order valence-corrected chi connectivity index (χ4v) is 2.07. The van der Waals surface area contributed by atoms with Gasteiger partial charge < -0.3 is 10.2 Å². The smallest absolute Gasteiger partial charge is 0.317 e. The number of carbonyl (C=O) groups excluding carboxylic acids is 2. The summed E-state index contributed by atoms with van der Waals surface area (Å²) in [5, 5.41) is 2.88. The standard InChI is InChI=1S/C13H24N2O2/c1-9(2)11(12(16)10(3)4)14-13(17)15-7-5-6-8-15/h9-11H,5-8H2,1-4H3,(H,14,17)/t11-/m0/s1. The van der Waals surface area contributed by atoms with Gasteiger partial charge in [0.1, 0.15) is 0 Å². The van der Waals surface area contributed by atoms with Crippen LogP contribution in [0.15, 0.2) is 0 Å². The minimum Gasteiger partial charge on any atom is -0.328 e. The zero-order chi connectivity index (χ0) is 13.0. The summed E-state index contributed by atoms with van der Waals surface area (Å²) in [5.41, 5.74) is 0. The van der Waals surface area contributed by atoms with Gasteiger partial charge in [0.15, 0.2) is 5.78 Å². The first-order chi connectivity index (χ1) is 7.93. The van der Waals surface area contributed by atoms with Crippen LogP contribution in [-0.2, 0) is 4.79 Å². The first kappa shape index (κ1) is 14.0. The second-order valence-electron chi connectivity index (χ2n) is 5.42. The van der Waals surface area contributed by atoms with Gasteiger partial charge in [0.25, 0.3) is 0 Å².